The third kappa shape index (κ3) is 1.83. The molecule has 2 aromatic rings. The predicted molar refractivity (Wildman–Crippen MR) is 49.5 cm³/mol. The van der Waals surface area contributed by atoms with Crippen molar-refractivity contribution < 1.29 is 13.2 Å². The Bertz CT molecular complexity index is 497. The van der Waals surface area contributed by atoms with Crippen LogP contribution in [0.1, 0.15) is 0 Å². The van der Waals surface area contributed by atoms with Gasteiger partial charge in [0.05, 0.1) is 0 Å². The molecule has 4 heteroatoms. The smallest absolute Gasteiger partial charge is 0.149 e. The van der Waals surface area contributed by atoms with Crippen molar-refractivity contribution in [3.63, 3.8) is 0 Å². The number of halogens is 3. The summed E-state index contributed by atoms with van der Waals surface area (Å²) >= 11 is 0. The molecule has 0 aliphatic rings. The fourth-order valence-corrected chi connectivity index (χ4v) is 1.27. The largest absolute Gasteiger partial charge is 0.253 e. The molecule has 0 radical (unpaired) electrons. The van der Waals surface area contributed by atoms with Gasteiger partial charge in [-0.3, -0.25) is 4.98 Å². The molecule has 0 N–H and O–H groups in total. The monoisotopic (exact) mass is 209 g/mol. The topological polar surface area (TPSA) is 12.9 Å². The predicted octanol–water partition coefficient (Wildman–Crippen LogP) is 3.17. The first kappa shape index (κ1) is 9.71. The number of hydrogen-bond donors (Lipinski definition) is 0. The van der Waals surface area contributed by atoms with E-state index in [2.05, 4.69) is 4.98 Å². The van der Waals surface area contributed by atoms with Gasteiger partial charge in [0.2, 0.25) is 0 Å². The average Bonchev–Trinajstić information content (AvgIpc) is 2.20. The summed E-state index contributed by atoms with van der Waals surface area (Å²) in [5.41, 5.74) is -0.162. The van der Waals surface area contributed by atoms with Crippen molar-refractivity contribution in [3.8, 4) is 11.3 Å². The lowest BCUT2D eigenvalue weighted by molar-refractivity contribution is 0.581. The molecule has 1 heterocycles. The van der Waals surface area contributed by atoms with E-state index < -0.39 is 17.5 Å². The maximum Gasteiger partial charge on any atom is 0.149 e. The Morgan fingerprint density at radius 3 is 2.40 bits per heavy atom. The number of nitrogens with zero attached hydrogens (tertiary/aromatic N) is 1. The van der Waals surface area contributed by atoms with Crippen LogP contribution in [-0.4, -0.2) is 4.98 Å². The molecule has 76 valence electrons. The molecule has 1 nitrogen and oxygen atoms in total. The van der Waals surface area contributed by atoms with Crippen molar-refractivity contribution in [1.82, 2.24) is 4.98 Å². The second-order valence-corrected chi connectivity index (χ2v) is 2.96. The highest BCUT2D eigenvalue weighted by molar-refractivity contribution is 5.60. The van der Waals surface area contributed by atoms with E-state index in [4.69, 9.17) is 0 Å². The van der Waals surface area contributed by atoms with Gasteiger partial charge in [-0.2, -0.15) is 0 Å². The molecule has 2 rings (SSSR count). The molecule has 0 unspecified atom stereocenters. The van der Waals surface area contributed by atoms with Crippen molar-refractivity contribution >= 4 is 0 Å². The minimum absolute atomic E-state index is 0.0468. The fourth-order valence-electron chi connectivity index (χ4n) is 1.27. The van der Waals surface area contributed by atoms with Gasteiger partial charge < -0.3 is 0 Å². The standard InChI is InChI=1S/C11H6F3N/c12-7-3-4-8(10(14)6-7)11-9(13)2-1-5-15-11/h1-6H. The third-order valence-electron chi connectivity index (χ3n) is 1.94. The van der Waals surface area contributed by atoms with Gasteiger partial charge in [0.25, 0.3) is 0 Å². The molecule has 1 aromatic heterocycles. The van der Waals surface area contributed by atoms with Crippen molar-refractivity contribution in [2.24, 2.45) is 0 Å². The Hall–Kier alpha value is -1.84. The van der Waals surface area contributed by atoms with E-state index >= 15 is 0 Å². The molecule has 0 fully saturated rings. The third-order valence-corrected chi connectivity index (χ3v) is 1.94. The highest BCUT2D eigenvalue weighted by Crippen LogP contribution is 2.23. The second kappa shape index (κ2) is 3.73. The number of hydrogen-bond acceptors (Lipinski definition) is 1. The van der Waals surface area contributed by atoms with Gasteiger partial charge in [-0.1, -0.05) is 0 Å². The lowest BCUT2D eigenvalue weighted by Gasteiger charge is -2.03. The number of aromatic nitrogens is 1. The molecule has 0 bridgehead atoms. The first-order valence-corrected chi connectivity index (χ1v) is 4.24. The van der Waals surface area contributed by atoms with Crippen LogP contribution in [0.4, 0.5) is 13.2 Å². The van der Waals surface area contributed by atoms with Crippen LogP contribution in [0.15, 0.2) is 36.5 Å². The van der Waals surface area contributed by atoms with Crippen LogP contribution >= 0.6 is 0 Å². The van der Waals surface area contributed by atoms with E-state index in [0.29, 0.717) is 6.07 Å². The summed E-state index contributed by atoms with van der Waals surface area (Å²) in [5.74, 6) is -2.16. The molecule has 0 aliphatic carbocycles. The molecule has 0 saturated heterocycles. The Kier molecular flexibility index (Phi) is 2.41. The summed E-state index contributed by atoms with van der Waals surface area (Å²) in [7, 11) is 0. The lowest BCUT2D eigenvalue weighted by Crippen LogP contribution is -1.92. The quantitative estimate of drug-likeness (QED) is 0.702. The Balaban J connectivity index is 2.60. The zero-order valence-electron chi connectivity index (χ0n) is 7.55. The van der Waals surface area contributed by atoms with Crippen molar-refractivity contribution in [3.05, 3.63) is 54.0 Å². The number of rotatable bonds is 1. The Labute approximate surface area is 84.2 Å². The van der Waals surface area contributed by atoms with Gasteiger partial charge in [-0.05, 0) is 24.3 Å². The number of pyridine rings is 1. The molecule has 0 saturated carbocycles. The van der Waals surface area contributed by atoms with Gasteiger partial charge in [0.1, 0.15) is 23.1 Å². The zero-order valence-corrected chi connectivity index (χ0v) is 7.55. The van der Waals surface area contributed by atoms with Gasteiger partial charge in [-0.15, -0.1) is 0 Å². The van der Waals surface area contributed by atoms with Crippen LogP contribution in [0.25, 0.3) is 11.3 Å². The Morgan fingerprint density at radius 2 is 1.73 bits per heavy atom. The van der Waals surface area contributed by atoms with Crippen LogP contribution in [0.3, 0.4) is 0 Å². The lowest BCUT2D eigenvalue weighted by atomic mass is 10.1. The summed E-state index contributed by atoms with van der Waals surface area (Å²) in [6.07, 6.45) is 1.35. The van der Waals surface area contributed by atoms with E-state index in [0.717, 1.165) is 12.1 Å². The Morgan fingerprint density at radius 1 is 0.933 bits per heavy atom. The van der Waals surface area contributed by atoms with Crippen LogP contribution in [0, 0.1) is 17.5 Å². The van der Waals surface area contributed by atoms with Crippen LogP contribution in [0.5, 0.6) is 0 Å². The summed E-state index contributed by atoms with van der Waals surface area (Å²) < 4.78 is 39.1. The highest BCUT2D eigenvalue weighted by atomic mass is 19.1. The van der Waals surface area contributed by atoms with Crippen molar-refractivity contribution in [2.45, 2.75) is 0 Å². The molecule has 0 spiro atoms. The highest BCUT2D eigenvalue weighted by Gasteiger charge is 2.11. The van der Waals surface area contributed by atoms with Crippen LogP contribution in [-0.2, 0) is 0 Å². The first-order chi connectivity index (χ1) is 7.18. The van der Waals surface area contributed by atoms with E-state index in [1.54, 1.807) is 0 Å². The summed E-state index contributed by atoms with van der Waals surface area (Å²) in [4.78, 5) is 3.70. The van der Waals surface area contributed by atoms with Gasteiger partial charge >= 0.3 is 0 Å². The van der Waals surface area contributed by atoms with E-state index in [-0.39, 0.29) is 11.3 Å². The molecule has 0 aliphatic heterocycles. The minimum atomic E-state index is -0.826. The maximum atomic E-state index is 13.3. The van der Waals surface area contributed by atoms with Gasteiger partial charge in [0, 0.05) is 17.8 Å². The van der Waals surface area contributed by atoms with Gasteiger partial charge in [-0.25, -0.2) is 13.2 Å². The second-order valence-electron chi connectivity index (χ2n) is 2.96. The maximum absolute atomic E-state index is 13.3. The van der Waals surface area contributed by atoms with Crippen molar-refractivity contribution in [1.29, 1.82) is 0 Å². The normalized spacial score (nSPS) is 10.3. The van der Waals surface area contributed by atoms with Crippen LogP contribution in [0.2, 0.25) is 0 Å². The molecular weight excluding hydrogens is 203 g/mol. The summed E-state index contributed by atoms with van der Waals surface area (Å²) in [5, 5.41) is 0. The zero-order chi connectivity index (χ0) is 10.8. The molecule has 0 amide bonds. The molecule has 15 heavy (non-hydrogen) atoms. The minimum Gasteiger partial charge on any atom is -0.253 e. The van der Waals surface area contributed by atoms with Crippen LogP contribution < -0.4 is 0 Å². The molecule has 1 aromatic carbocycles. The average molecular weight is 209 g/mol. The van der Waals surface area contributed by atoms with Crippen molar-refractivity contribution in [2.75, 3.05) is 0 Å². The summed E-state index contributed by atoms with van der Waals surface area (Å²) in [6, 6.07) is 5.50. The summed E-state index contributed by atoms with van der Waals surface area (Å²) in [6.45, 7) is 0. The van der Waals surface area contributed by atoms with E-state index in [1.807, 2.05) is 0 Å². The SMILES string of the molecule is Fc1ccc(-c2ncccc2F)c(F)c1. The molecule has 0 atom stereocenters. The van der Waals surface area contributed by atoms with E-state index in [1.165, 1.54) is 18.3 Å². The number of benzene rings is 1. The van der Waals surface area contributed by atoms with Gasteiger partial charge in [0.15, 0.2) is 0 Å². The first-order valence-electron chi connectivity index (χ1n) is 4.24. The fraction of sp³-hybridized carbons (Fsp3) is 0. The molecular formula is C11H6F3N. The van der Waals surface area contributed by atoms with E-state index in [9.17, 15) is 13.2 Å².